The first-order valence-electron chi connectivity index (χ1n) is 9.86. The van der Waals surface area contributed by atoms with Crippen LogP contribution in [-0.4, -0.2) is 26.4 Å². The van der Waals surface area contributed by atoms with Crippen LogP contribution in [0.4, 0.5) is 17.1 Å². The lowest BCUT2D eigenvalue weighted by Crippen LogP contribution is -2.18. The molecule has 0 bridgehead atoms. The van der Waals surface area contributed by atoms with Crippen molar-refractivity contribution in [3.8, 4) is 5.75 Å². The maximum atomic E-state index is 13.1. The SMILES string of the molecule is COc1ccc([N+](=O)[O-])cc1NC(=O)c1ccc(C)c(S(=O)(=O)Nc2ccc(C)cc2C)c1. The molecule has 0 aliphatic rings. The van der Waals surface area contributed by atoms with E-state index in [0.717, 1.165) is 11.1 Å². The van der Waals surface area contributed by atoms with Crippen LogP contribution in [0, 0.1) is 30.9 Å². The van der Waals surface area contributed by atoms with E-state index in [1.807, 2.05) is 13.0 Å². The zero-order valence-electron chi connectivity index (χ0n) is 18.5. The Labute approximate surface area is 191 Å². The summed E-state index contributed by atoms with van der Waals surface area (Å²) < 4.78 is 33.9. The van der Waals surface area contributed by atoms with Crippen LogP contribution >= 0.6 is 0 Å². The van der Waals surface area contributed by atoms with Crippen molar-refractivity contribution in [1.82, 2.24) is 0 Å². The van der Waals surface area contributed by atoms with Crippen LogP contribution in [0.1, 0.15) is 27.0 Å². The molecule has 172 valence electrons. The summed E-state index contributed by atoms with van der Waals surface area (Å²) in [5.41, 5.74) is 2.60. The largest absolute Gasteiger partial charge is 0.495 e. The molecule has 1 amide bonds. The van der Waals surface area contributed by atoms with Crippen LogP contribution in [0.15, 0.2) is 59.5 Å². The number of carbonyl (C=O) groups excluding carboxylic acids is 1. The first-order valence-corrected chi connectivity index (χ1v) is 11.3. The van der Waals surface area contributed by atoms with E-state index in [-0.39, 0.29) is 27.6 Å². The number of nitro groups is 1. The molecule has 0 radical (unpaired) electrons. The van der Waals surface area contributed by atoms with Crippen LogP contribution in [0.3, 0.4) is 0 Å². The molecule has 0 saturated carbocycles. The summed E-state index contributed by atoms with van der Waals surface area (Å²) >= 11 is 0. The minimum Gasteiger partial charge on any atom is -0.495 e. The van der Waals surface area contributed by atoms with Crippen LogP contribution in [0.2, 0.25) is 0 Å². The molecule has 0 unspecified atom stereocenters. The molecule has 0 heterocycles. The smallest absolute Gasteiger partial charge is 0.271 e. The molecule has 0 saturated heterocycles. The van der Waals surface area contributed by atoms with Gasteiger partial charge in [-0.2, -0.15) is 0 Å². The van der Waals surface area contributed by atoms with Crippen molar-refractivity contribution in [2.24, 2.45) is 0 Å². The predicted molar refractivity (Wildman–Crippen MR) is 126 cm³/mol. The number of hydrogen-bond donors (Lipinski definition) is 2. The molecule has 0 aliphatic heterocycles. The van der Waals surface area contributed by atoms with Crippen LogP contribution in [0.5, 0.6) is 5.75 Å². The Kier molecular flexibility index (Phi) is 6.68. The summed E-state index contributed by atoms with van der Waals surface area (Å²) in [7, 11) is -2.62. The topological polar surface area (TPSA) is 128 Å². The van der Waals surface area contributed by atoms with Gasteiger partial charge in [0, 0.05) is 17.7 Å². The van der Waals surface area contributed by atoms with Crippen molar-refractivity contribution in [3.63, 3.8) is 0 Å². The highest BCUT2D eigenvalue weighted by Crippen LogP contribution is 2.30. The molecule has 0 aromatic heterocycles. The van der Waals surface area contributed by atoms with Gasteiger partial charge in [-0.05, 0) is 56.2 Å². The number of nitrogens with one attached hydrogen (secondary N) is 2. The highest BCUT2D eigenvalue weighted by molar-refractivity contribution is 7.92. The Morgan fingerprint density at radius 1 is 0.939 bits per heavy atom. The fourth-order valence-corrected chi connectivity index (χ4v) is 4.66. The molecule has 3 aromatic rings. The second kappa shape index (κ2) is 9.29. The number of benzene rings is 3. The summed E-state index contributed by atoms with van der Waals surface area (Å²) in [6, 6.07) is 13.4. The quantitative estimate of drug-likeness (QED) is 0.385. The number of non-ortho nitro benzene ring substituents is 1. The molecule has 0 spiro atoms. The van der Waals surface area contributed by atoms with Gasteiger partial charge in [-0.1, -0.05) is 23.8 Å². The van der Waals surface area contributed by atoms with Crippen molar-refractivity contribution in [1.29, 1.82) is 0 Å². The summed E-state index contributed by atoms with van der Waals surface area (Å²) in [6.07, 6.45) is 0. The Morgan fingerprint density at radius 2 is 1.67 bits per heavy atom. The molecular weight excluding hydrogens is 446 g/mol. The second-order valence-corrected chi connectivity index (χ2v) is 9.15. The number of nitro benzene ring substituents is 1. The van der Waals surface area contributed by atoms with Crippen LogP contribution < -0.4 is 14.8 Å². The molecule has 0 atom stereocenters. The fraction of sp³-hybridized carbons (Fsp3) is 0.174. The van der Waals surface area contributed by atoms with Crippen molar-refractivity contribution in [2.45, 2.75) is 25.7 Å². The van der Waals surface area contributed by atoms with E-state index in [1.165, 1.54) is 43.5 Å². The highest BCUT2D eigenvalue weighted by Gasteiger charge is 2.21. The Balaban J connectivity index is 1.93. The molecule has 9 nitrogen and oxygen atoms in total. The third-order valence-corrected chi connectivity index (χ3v) is 6.52. The number of aryl methyl sites for hydroxylation is 3. The van der Waals surface area contributed by atoms with Gasteiger partial charge in [0.2, 0.25) is 0 Å². The lowest BCUT2D eigenvalue weighted by molar-refractivity contribution is -0.384. The van der Waals surface area contributed by atoms with Gasteiger partial charge in [0.15, 0.2) is 0 Å². The van der Waals surface area contributed by atoms with E-state index in [2.05, 4.69) is 10.0 Å². The number of carbonyl (C=O) groups is 1. The number of anilines is 2. The minimum atomic E-state index is -3.98. The van der Waals surface area contributed by atoms with E-state index in [1.54, 1.807) is 26.0 Å². The lowest BCUT2D eigenvalue weighted by Gasteiger charge is -2.14. The standard InChI is InChI=1S/C23H23N3O6S/c1-14-5-9-19(16(3)11-14)25-33(30,31)22-12-17(7-6-15(22)2)23(27)24-20-13-18(26(28)29)8-10-21(20)32-4/h5-13,25H,1-4H3,(H,24,27). The summed E-state index contributed by atoms with van der Waals surface area (Å²) in [5.74, 6) is -0.415. The molecule has 0 fully saturated rings. The molecule has 3 rings (SSSR count). The fourth-order valence-electron chi connectivity index (χ4n) is 3.26. The number of nitrogens with zero attached hydrogens (tertiary/aromatic N) is 1. The summed E-state index contributed by atoms with van der Waals surface area (Å²) in [4.78, 5) is 23.3. The van der Waals surface area contributed by atoms with E-state index in [0.29, 0.717) is 11.3 Å². The van der Waals surface area contributed by atoms with Crippen molar-refractivity contribution >= 4 is 33.0 Å². The summed E-state index contributed by atoms with van der Waals surface area (Å²) in [6.45, 7) is 5.34. The van der Waals surface area contributed by atoms with Gasteiger partial charge in [-0.15, -0.1) is 0 Å². The van der Waals surface area contributed by atoms with Gasteiger partial charge in [0.25, 0.3) is 21.6 Å². The highest BCUT2D eigenvalue weighted by atomic mass is 32.2. The number of sulfonamides is 1. The normalized spacial score (nSPS) is 11.0. The Bertz CT molecular complexity index is 1350. The van der Waals surface area contributed by atoms with E-state index >= 15 is 0 Å². The average molecular weight is 470 g/mol. The van der Waals surface area contributed by atoms with Gasteiger partial charge >= 0.3 is 0 Å². The summed E-state index contributed by atoms with van der Waals surface area (Å²) in [5, 5.41) is 13.6. The maximum absolute atomic E-state index is 13.1. The third kappa shape index (κ3) is 5.29. The van der Waals surface area contributed by atoms with E-state index in [4.69, 9.17) is 4.74 Å². The number of amides is 1. The minimum absolute atomic E-state index is 0.0545. The molecule has 2 N–H and O–H groups in total. The molecule has 0 aliphatic carbocycles. The van der Waals surface area contributed by atoms with Gasteiger partial charge in [0.1, 0.15) is 5.75 Å². The van der Waals surface area contributed by atoms with Crippen molar-refractivity contribution < 1.29 is 22.9 Å². The van der Waals surface area contributed by atoms with E-state index in [9.17, 15) is 23.3 Å². The van der Waals surface area contributed by atoms with Crippen LogP contribution in [-0.2, 0) is 10.0 Å². The van der Waals surface area contributed by atoms with Crippen molar-refractivity contribution in [3.05, 3.63) is 87.0 Å². The zero-order chi connectivity index (χ0) is 24.3. The number of methoxy groups -OCH3 is 1. The maximum Gasteiger partial charge on any atom is 0.271 e. The molecule has 10 heteroatoms. The predicted octanol–water partition coefficient (Wildman–Crippen LogP) is 4.58. The Hall–Kier alpha value is -3.92. The Morgan fingerprint density at radius 3 is 2.30 bits per heavy atom. The third-order valence-electron chi connectivity index (χ3n) is 5.01. The molecule has 3 aromatic carbocycles. The number of ether oxygens (including phenoxy) is 1. The number of hydrogen-bond acceptors (Lipinski definition) is 6. The second-order valence-electron chi connectivity index (χ2n) is 7.50. The van der Waals surface area contributed by atoms with Gasteiger partial charge in [0.05, 0.1) is 28.3 Å². The van der Waals surface area contributed by atoms with Gasteiger partial charge in [-0.25, -0.2) is 8.42 Å². The van der Waals surface area contributed by atoms with Crippen molar-refractivity contribution in [2.75, 3.05) is 17.1 Å². The first kappa shape index (κ1) is 23.7. The zero-order valence-corrected chi connectivity index (χ0v) is 19.3. The average Bonchev–Trinajstić information content (AvgIpc) is 2.75. The van der Waals surface area contributed by atoms with Gasteiger partial charge < -0.3 is 10.1 Å². The monoisotopic (exact) mass is 469 g/mol. The first-order chi connectivity index (χ1) is 15.5. The van der Waals surface area contributed by atoms with Crippen LogP contribution in [0.25, 0.3) is 0 Å². The molecule has 33 heavy (non-hydrogen) atoms. The number of rotatable bonds is 7. The molecular formula is C23H23N3O6S. The van der Waals surface area contributed by atoms with Gasteiger partial charge in [-0.3, -0.25) is 19.6 Å². The lowest BCUT2D eigenvalue weighted by atomic mass is 10.1. The van der Waals surface area contributed by atoms with E-state index < -0.39 is 20.9 Å².